The Kier molecular flexibility index (Phi) is 5.78. The monoisotopic (exact) mass is 216 g/mol. The van der Waals surface area contributed by atoms with Gasteiger partial charge in [0.15, 0.2) is 0 Å². The van der Waals surface area contributed by atoms with Gasteiger partial charge in [-0.05, 0) is 25.8 Å². The largest absolute Gasteiger partial charge is 0.383 e. The van der Waals surface area contributed by atoms with Crippen molar-refractivity contribution in [3.63, 3.8) is 0 Å². The smallest absolute Gasteiger partial charge is 0.0589 e. The fourth-order valence-corrected chi connectivity index (χ4v) is 1.33. The number of likely N-dealkylation sites (N-methyl/N-ethyl adjacent to an activating group) is 1. The van der Waals surface area contributed by atoms with Crippen LogP contribution < -0.4 is 5.73 Å². The Morgan fingerprint density at radius 2 is 1.73 bits per heavy atom. The maximum absolute atomic E-state index is 6.19. The molecule has 0 atom stereocenters. The molecule has 0 rings (SSSR count). The topological polar surface area (TPSA) is 38.5 Å². The number of nitrogens with zero attached hydrogens (tertiary/aromatic N) is 1. The summed E-state index contributed by atoms with van der Waals surface area (Å²) in [6.07, 6.45) is 0. The minimum atomic E-state index is -0.159. The molecule has 0 aliphatic carbocycles. The van der Waals surface area contributed by atoms with Gasteiger partial charge in [-0.25, -0.2) is 0 Å². The lowest BCUT2D eigenvalue weighted by Gasteiger charge is -2.42. The summed E-state index contributed by atoms with van der Waals surface area (Å²) in [5, 5.41) is 0. The van der Waals surface area contributed by atoms with Crippen molar-refractivity contribution in [1.29, 1.82) is 0 Å². The molecule has 3 heteroatoms. The van der Waals surface area contributed by atoms with Gasteiger partial charge < -0.3 is 15.4 Å². The molecule has 0 saturated carbocycles. The van der Waals surface area contributed by atoms with Gasteiger partial charge in [0.2, 0.25) is 0 Å². The molecule has 0 aromatic carbocycles. The van der Waals surface area contributed by atoms with E-state index in [9.17, 15) is 0 Å². The highest BCUT2D eigenvalue weighted by molar-refractivity contribution is 4.92. The molecule has 0 bridgehead atoms. The van der Waals surface area contributed by atoms with Crippen molar-refractivity contribution in [2.75, 3.05) is 33.4 Å². The lowest BCUT2D eigenvalue weighted by Crippen LogP contribution is -2.53. The molecule has 0 saturated heterocycles. The van der Waals surface area contributed by atoms with Crippen LogP contribution in [0.1, 0.15) is 34.6 Å². The summed E-state index contributed by atoms with van der Waals surface area (Å²) >= 11 is 0. The fraction of sp³-hybridized carbons (Fsp3) is 1.00. The molecule has 0 amide bonds. The fourth-order valence-electron chi connectivity index (χ4n) is 1.33. The quantitative estimate of drug-likeness (QED) is 0.704. The molecule has 0 spiro atoms. The molecule has 3 nitrogen and oxygen atoms in total. The zero-order valence-corrected chi connectivity index (χ0v) is 11.3. The minimum Gasteiger partial charge on any atom is -0.383 e. The third-order valence-corrected chi connectivity index (χ3v) is 3.42. The highest BCUT2D eigenvalue weighted by Gasteiger charge is 2.34. The summed E-state index contributed by atoms with van der Waals surface area (Å²) < 4.78 is 5.10. The van der Waals surface area contributed by atoms with Crippen molar-refractivity contribution in [2.24, 2.45) is 11.1 Å². The third kappa shape index (κ3) is 4.96. The van der Waals surface area contributed by atoms with Crippen molar-refractivity contribution < 1.29 is 4.74 Å². The van der Waals surface area contributed by atoms with E-state index in [0.717, 1.165) is 26.2 Å². The van der Waals surface area contributed by atoms with Gasteiger partial charge in [0, 0.05) is 25.7 Å². The van der Waals surface area contributed by atoms with E-state index in [1.807, 2.05) is 0 Å². The van der Waals surface area contributed by atoms with E-state index in [-0.39, 0.29) is 11.0 Å². The Morgan fingerprint density at radius 3 is 2.07 bits per heavy atom. The van der Waals surface area contributed by atoms with Crippen molar-refractivity contribution >= 4 is 0 Å². The van der Waals surface area contributed by atoms with Crippen LogP contribution in [0.5, 0.6) is 0 Å². The number of hydrogen-bond donors (Lipinski definition) is 1. The minimum absolute atomic E-state index is 0.108. The summed E-state index contributed by atoms with van der Waals surface area (Å²) in [5.74, 6) is 0. The van der Waals surface area contributed by atoms with Crippen LogP contribution in [-0.4, -0.2) is 43.8 Å². The van der Waals surface area contributed by atoms with E-state index >= 15 is 0 Å². The Morgan fingerprint density at radius 1 is 1.20 bits per heavy atom. The zero-order chi connectivity index (χ0) is 12.1. The van der Waals surface area contributed by atoms with Gasteiger partial charge in [0.25, 0.3) is 0 Å². The van der Waals surface area contributed by atoms with Crippen molar-refractivity contribution in [1.82, 2.24) is 4.90 Å². The number of ether oxygens (including phenoxy) is 1. The third-order valence-electron chi connectivity index (χ3n) is 3.42. The number of hydrogen-bond acceptors (Lipinski definition) is 3. The van der Waals surface area contributed by atoms with Crippen molar-refractivity contribution in [2.45, 2.75) is 40.2 Å². The van der Waals surface area contributed by atoms with Crippen LogP contribution in [0.15, 0.2) is 0 Å². The van der Waals surface area contributed by atoms with E-state index in [2.05, 4.69) is 39.5 Å². The highest BCUT2D eigenvalue weighted by Crippen LogP contribution is 2.29. The highest BCUT2D eigenvalue weighted by atomic mass is 16.5. The van der Waals surface area contributed by atoms with Crippen LogP contribution in [0.4, 0.5) is 0 Å². The van der Waals surface area contributed by atoms with Gasteiger partial charge in [0.1, 0.15) is 0 Å². The zero-order valence-electron chi connectivity index (χ0n) is 11.3. The number of nitrogens with two attached hydrogens (primary N) is 1. The van der Waals surface area contributed by atoms with Gasteiger partial charge in [-0.1, -0.05) is 20.8 Å². The molecule has 0 aliphatic rings. The Bertz CT molecular complexity index is 173. The van der Waals surface area contributed by atoms with Crippen LogP contribution >= 0.6 is 0 Å². The molecule has 0 aromatic rings. The van der Waals surface area contributed by atoms with E-state index in [4.69, 9.17) is 10.5 Å². The first-order chi connectivity index (χ1) is 6.74. The van der Waals surface area contributed by atoms with Crippen LogP contribution in [0.2, 0.25) is 0 Å². The summed E-state index contributed by atoms with van der Waals surface area (Å²) in [6, 6.07) is 0. The summed E-state index contributed by atoms with van der Waals surface area (Å²) in [5.41, 5.74) is 6.14. The summed E-state index contributed by atoms with van der Waals surface area (Å²) in [4.78, 5) is 2.39. The molecule has 0 aliphatic heterocycles. The maximum atomic E-state index is 6.19. The van der Waals surface area contributed by atoms with Gasteiger partial charge in [-0.3, -0.25) is 0 Å². The van der Waals surface area contributed by atoms with Crippen molar-refractivity contribution in [3.05, 3.63) is 0 Å². The normalized spacial score (nSPS) is 13.6. The Labute approximate surface area is 95.0 Å². The van der Waals surface area contributed by atoms with Gasteiger partial charge in [-0.2, -0.15) is 0 Å². The molecule has 0 radical (unpaired) electrons. The first kappa shape index (κ1) is 14.9. The lowest BCUT2D eigenvalue weighted by atomic mass is 9.75. The molecule has 92 valence electrons. The molecule has 0 heterocycles. The van der Waals surface area contributed by atoms with E-state index in [1.54, 1.807) is 7.11 Å². The number of rotatable bonds is 7. The lowest BCUT2D eigenvalue weighted by molar-refractivity contribution is 0.0893. The Hall–Kier alpha value is -0.120. The van der Waals surface area contributed by atoms with E-state index in [1.165, 1.54) is 0 Å². The first-order valence-electron chi connectivity index (χ1n) is 5.74. The first-order valence-corrected chi connectivity index (χ1v) is 5.74. The maximum Gasteiger partial charge on any atom is 0.0589 e. The molecule has 0 unspecified atom stereocenters. The predicted molar refractivity (Wildman–Crippen MR) is 66.0 cm³/mol. The second kappa shape index (κ2) is 5.83. The Balaban J connectivity index is 4.27. The van der Waals surface area contributed by atoms with E-state index < -0.39 is 0 Å². The van der Waals surface area contributed by atoms with Gasteiger partial charge >= 0.3 is 0 Å². The average Bonchev–Trinajstić information content (AvgIpc) is 2.10. The molecular formula is C12H28N2O. The van der Waals surface area contributed by atoms with Crippen LogP contribution in [0, 0.1) is 5.41 Å². The average molecular weight is 216 g/mol. The van der Waals surface area contributed by atoms with E-state index in [0.29, 0.717) is 0 Å². The standard InChI is InChI=1S/C12H28N2O/c1-7-14(8-9-15-6)10-11(2,3)12(4,5)13/h7-10,13H2,1-6H3. The summed E-state index contributed by atoms with van der Waals surface area (Å²) in [7, 11) is 1.74. The molecule has 0 fully saturated rings. The van der Waals surface area contributed by atoms with Crippen LogP contribution in [0.25, 0.3) is 0 Å². The molecular weight excluding hydrogens is 188 g/mol. The van der Waals surface area contributed by atoms with Crippen LogP contribution in [-0.2, 0) is 4.74 Å². The molecule has 15 heavy (non-hydrogen) atoms. The molecule has 0 aromatic heterocycles. The van der Waals surface area contributed by atoms with Crippen molar-refractivity contribution in [3.8, 4) is 0 Å². The predicted octanol–water partition coefficient (Wildman–Crippen LogP) is 1.72. The SMILES string of the molecule is CCN(CCOC)CC(C)(C)C(C)(C)N. The summed E-state index contributed by atoms with van der Waals surface area (Å²) in [6.45, 7) is 14.6. The van der Waals surface area contributed by atoms with Gasteiger partial charge in [0.05, 0.1) is 6.61 Å². The molecule has 2 N–H and O–H groups in total. The second-order valence-corrected chi connectivity index (χ2v) is 5.47. The van der Waals surface area contributed by atoms with Gasteiger partial charge in [-0.15, -0.1) is 0 Å². The second-order valence-electron chi connectivity index (χ2n) is 5.47. The number of methoxy groups -OCH3 is 1. The van der Waals surface area contributed by atoms with Crippen LogP contribution in [0.3, 0.4) is 0 Å².